The maximum Gasteiger partial charge on any atom is 0.266 e. The van der Waals surface area contributed by atoms with Gasteiger partial charge in [0.05, 0.1) is 4.34 Å². The number of benzene rings is 1. The SMILES string of the molecule is Cc1ccc(C(=O)NNS(=O)(=O)c2ccc(Cl)s2)c(C)c1. The molecule has 0 saturated heterocycles. The van der Waals surface area contributed by atoms with E-state index in [0.717, 1.165) is 22.5 Å². The quantitative estimate of drug-likeness (QED) is 0.837. The van der Waals surface area contributed by atoms with E-state index in [1.54, 1.807) is 19.1 Å². The van der Waals surface area contributed by atoms with E-state index in [-0.39, 0.29) is 4.21 Å². The molecule has 112 valence electrons. The first-order valence-corrected chi connectivity index (χ1v) is 8.62. The molecule has 0 saturated carbocycles. The highest BCUT2D eigenvalue weighted by atomic mass is 35.5. The zero-order valence-corrected chi connectivity index (χ0v) is 13.7. The standard InChI is InChI=1S/C13H13ClN2O3S2/c1-8-3-4-10(9(2)7-8)13(17)15-16-21(18,19)12-6-5-11(14)20-12/h3-7,16H,1-2H3,(H,15,17). The molecule has 0 radical (unpaired) electrons. The smallest absolute Gasteiger partial charge is 0.266 e. The zero-order chi connectivity index (χ0) is 15.6. The molecule has 8 heteroatoms. The van der Waals surface area contributed by atoms with Crippen LogP contribution in [0.3, 0.4) is 0 Å². The van der Waals surface area contributed by atoms with Crippen LogP contribution in [0, 0.1) is 13.8 Å². The summed E-state index contributed by atoms with van der Waals surface area (Å²) in [6.07, 6.45) is 0. The number of hydrogen-bond acceptors (Lipinski definition) is 4. The third-order valence-corrected chi connectivity index (χ3v) is 5.71. The van der Waals surface area contributed by atoms with Crippen molar-refractivity contribution >= 4 is 38.9 Å². The summed E-state index contributed by atoms with van der Waals surface area (Å²) < 4.78 is 24.3. The molecule has 2 aromatic rings. The Morgan fingerprint density at radius 1 is 1.19 bits per heavy atom. The van der Waals surface area contributed by atoms with Crippen molar-refractivity contribution in [2.45, 2.75) is 18.1 Å². The van der Waals surface area contributed by atoms with Gasteiger partial charge in [0.15, 0.2) is 0 Å². The van der Waals surface area contributed by atoms with Crippen LogP contribution in [0.5, 0.6) is 0 Å². The van der Waals surface area contributed by atoms with Crippen LogP contribution in [0.4, 0.5) is 0 Å². The lowest BCUT2D eigenvalue weighted by atomic mass is 10.1. The average Bonchev–Trinajstić information content (AvgIpc) is 2.84. The van der Waals surface area contributed by atoms with Crippen molar-refractivity contribution in [1.82, 2.24) is 10.3 Å². The van der Waals surface area contributed by atoms with Crippen molar-refractivity contribution in [3.8, 4) is 0 Å². The molecule has 21 heavy (non-hydrogen) atoms. The van der Waals surface area contributed by atoms with Gasteiger partial charge < -0.3 is 0 Å². The van der Waals surface area contributed by atoms with Crippen LogP contribution in [0.2, 0.25) is 4.34 Å². The van der Waals surface area contributed by atoms with Crippen molar-refractivity contribution in [3.05, 3.63) is 51.4 Å². The maximum absolute atomic E-state index is 12.0. The Morgan fingerprint density at radius 3 is 2.48 bits per heavy atom. The predicted molar refractivity (Wildman–Crippen MR) is 83.0 cm³/mol. The summed E-state index contributed by atoms with van der Waals surface area (Å²) in [6, 6.07) is 8.14. The molecule has 2 N–H and O–H groups in total. The van der Waals surface area contributed by atoms with Gasteiger partial charge in [0.25, 0.3) is 15.9 Å². The predicted octanol–water partition coefficient (Wildman–Crippen LogP) is 2.64. The second kappa shape index (κ2) is 6.15. The van der Waals surface area contributed by atoms with E-state index in [4.69, 9.17) is 11.6 Å². The summed E-state index contributed by atoms with van der Waals surface area (Å²) in [5.74, 6) is -0.515. The molecule has 1 aromatic heterocycles. The van der Waals surface area contributed by atoms with Gasteiger partial charge in [-0.15, -0.1) is 16.2 Å². The average molecular weight is 345 g/mol. The Hall–Kier alpha value is -1.41. The van der Waals surface area contributed by atoms with Gasteiger partial charge in [0.1, 0.15) is 4.21 Å². The van der Waals surface area contributed by atoms with E-state index in [2.05, 4.69) is 10.3 Å². The van der Waals surface area contributed by atoms with Crippen LogP contribution in [0.25, 0.3) is 0 Å². The summed E-state index contributed by atoms with van der Waals surface area (Å²) >= 11 is 6.61. The molecule has 5 nitrogen and oxygen atoms in total. The lowest BCUT2D eigenvalue weighted by Crippen LogP contribution is -2.41. The number of hydrogen-bond donors (Lipinski definition) is 2. The molecule has 1 aromatic carbocycles. The number of carbonyl (C=O) groups excluding carboxylic acids is 1. The van der Waals surface area contributed by atoms with E-state index < -0.39 is 15.9 Å². The van der Waals surface area contributed by atoms with E-state index in [1.165, 1.54) is 12.1 Å². The van der Waals surface area contributed by atoms with Gasteiger partial charge in [-0.3, -0.25) is 10.2 Å². The minimum absolute atomic E-state index is 0.0356. The normalized spacial score (nSPS) is 11.4. The minimum Gasteiger partial charge on any atom is -0.273 e. The highest BCUT2D eigenvalue weighted by Crippen LogP contribution is 2.24. The lowest BCUT2D eigenvalue weighted by Gasteiger charge is -2.09. The first-order valence-electron chi connectivity index (χ1n) is 5.94. The summed E-state index contributed by atoms with van der Waals surface area (Å²) in [5.41, 5.74) is 4.40. The van der Waals surface area contributed by atoms with Gasteiger partial charge in [0, 0.05) is 5.56 Å². The maximum atomic E-state index is 12.0. The van der Waals surface area contributed by atoms with Gasteiger partial charge >= 0.3 is 0 Å². The summed E-state index contributed by atoms with van der Waals surface area (Å²) in [6.45, 7) is 3.70. The molecule has 1 heterocycles. The van der Waals surface area contributed by atoms with Crippen LogP contribution >= 0.6 is 22.9 Å². The Balaban J connectivity index is 2.10. The largest absolute Gasteiger partial charge is 0.273 e. The Labute approximate surface area is 132 Å². The molecule has 0 unspecified atom stereocenters. The number of sulfonamides is 1. The van der Waals surface area contributed by atoms with Crippen molar-refractivity contribution in [3.63, 3.8) is 0 Å². The summed E-state index contributed by atoms with van der Waals surface area (Å²) in [4.78, 5) is 14.1. The monoisotopic (exact) mass is 344 g/mol. The van der Waals surface area contributed by atoms with Crippen molar-refractivity contribution in [2.24, 2.45) is 0 Å². The van der Waals surface area contributed by atoms with Crippen LogP contribution < -0.4 is 10.3 Å². The van der Waals surface area contributed by atoms with Gasteiger partial charge in [-0.25, -0.2) is 8.42 Å². The van der Waals surface area contributed by atoms with Gasteiger partial charge in [-0.1, -0.05) is 29.3 Å². The van der Waals surface area contributed by atoms with Crippen LogP contribution in [0.1, 0.15) is 21.5 Å². The molecule has 0 atom stereocenters. The molecule has 0 fully saturated rings. The fraction of sp³-hybridized carbons (Fsp3) is 0.154. The first-order chi connectivity index (χ1) is 9.79. The third-order valence-electron chi connectivity index (χ3n) is 2.74. The molecule has 0 bridgehead atoms. The second-order valence-corrected chi connectivity index (χ2v) is 8.06. The molecule has 2 rings (SSSR count). The molecule has 0 aliphatic heterocycles. The van der Waals surface area contributed by atoms with Crippen molar-refractivity contribution in [2.75, 3.05) is 0 Å². The molecule has 0 aliphatic carbocycles. The van der Waals surface area contributed by atoms with Gasteiger partial charge in [0.2, 0.25) is 0 Å². The van der Waals surface area contributed by atoms with Crippen LogP contribution in [-0.2, 0) is 10.0 Å². The zero-order valence-electron chi connectivity index (χ0n) is 11.3. The number of nitrogens with one attached hydrogen (secondary N) is 2. The fourth-order valence-electron chi connectivity index (χ4n) is 1.74. The number of amides is 1. The molecular weight excluding hydrogens is 332 g/mol. The lowest BCUT2D eigenvalue weighted by molar-refractivity contribution is 0.0944. The Bertz CT molecular complexity index is 784. The highest BCUT2D eigenvalue weighted by molar-refractivity contribution is 7.91. The molecule has 0 aliphatic rings. The molecule has 1 amide bonds. The van der Waals surface area contributed by atoms with Gasteiger partial charge in [-0.05, 0) is 37.6 Å². The van der Waals surface area contributed by atoms with Crippen molar-refractivity contribution < 1.29 is 13.2 Å². The fourth-order valence-corrected chi connectivity index (χ4v) is 4.06. The second-order valence-electron chi connectivity index (χ2n) is 4.44. The van der Waals surface area contributed by atoms with E-state index in [0.29, 0.717) is 9.90 Å². The molecule has 0 spiro atoms. The van der Waals surface area contributed by atoms with E-state index in [1.807, 2.05) is 13.0 Å². The topological polar surface area (TPSA) is 75.3 Å². The van der Waals surface area contributed by atoms with E-state index >= 15 is 0 Å². The number of carbonyl (C=O) groups is 1. The number of rotatable bonds is 4. The highest BCUT2D eigenvalue weighted by Gasteiger charge is 2.18. The Morgan fingerprint density at radius 2 is 1.90 bits per heavy atom. The number of halogens is 1. The summed E-state index contributed by atoms with van der Waals surface area (Å²) in [5, 5.41) is 0. The minimum atomic E-state index is -3.81. The number of hydrazine groups is 1. The summed E-state index contributed by atoms with van der Waals surface area (Å²) in [7, 11) is -3.81. The van der Waals surface area contributed by atoms with E-state index in [9.17, 15) is 13.2 Å². The Kier molecular flexibility index (Phi) is 4.67. The van der Waals surface area contributed by atoms with Crippen LogP contribution in [-0.4, -0.2) is 14.3 Å². The third kappa shape index (κ3) is 3.82. The number of thiophene rings is 1. The number of aryl methyl sites for hydroxylation is 2. The van der Waals surface area contributed by atoms with Crippen molar-refractivity contribution in [1.29, 1.82) is 0 Å². The molecular formula is C13H13ClN2O3S2. The van der Waals surface area contributed by atoms with Crippen LogP contribution in [0.15, 0.2) is 34.5 Å². The first kappa shape index (κ1) is 16.0. The van der Waals surface area contributed by atoms with Gasteiger partial charge in [-0.2, -0.15) is 0 Å².